The van der Waals surface area contributed by atoms with Gasteiger partial charge in [-0.05, 0) is 12.1 Å². The standard InChI is InChI=1S/C12H15ClFN3O2/c1-7(11(15)16-19)6-17(2)12(18)8-4-3-5-9(13)10(8)14/h3-5,7,19H,6H2,1-2H3,(H2,15,16). The Kier molecular flexibility index (Phi) is 5.11. The molecule has 1 atom stereocenters. The van der Waals surface area contributed by atoms with Crippen molar-refractivity contribution in [1.29, 1.82) is 0 Å². The number of carbonyl (C=O) groups is 1. The minimum Gasteiger partial charge on any atom is -0.409 e. The van der Waals surface area contributed by atoms with E-state index in [1.807, 2.05) is 0 Å². The third-order valence-corrected chi connectivity index (χ3v) is 2.99. The van der Waals surface area contributed by atoms with E-state index in [0.29, 0.717) is 0 Å². The van der Waals surface area contributed by atoms with Crippen LogP contribution in [0.1, 0.15) is 17.3 Å². The van der Waals surface area contributed by atoms with E-state index < -0.39 is 11.7 Å². The highest BCUT2D eigenvalue weighted by Crippen LogP contribution is 2.19. The molecule has 1 unspecified atom stereocenters. The van der Waals surface area contributed by atoms with Crippen LogP contribution in [0.2, 0.25) is 5.02 Å². The van der Waals surface area contributed by atoms with Crippen LogP contribution in [0.3, 0.4) is 0 Å². The van der Waals surface area contributed by atoms with Gasteiger partial charge in [-0.1, -0.05) is 29.7 Å². The van der Waals surface area contributed by atoms with Crippen molar-refractivity contribution in [3.63, 3.8) is 0 Å². The number of rotatable bonds is 4. The van der Waals surface area contributed by atoms with E-state index in [2.05, 4.69) is 5.16 Å². The molecule has 0 fully saturated rings. The highest BCUT2D eigenvalue weighted by atomic mass is 35.5. The lowest BCUT2D eigenvalue weighted by Gasteiger charge is -2.21. The SMILES string of the molecule is CC(CN(C)C(=O)c1cccc(Cl)c1F)/C(N)=N/O. The van der Waals surface area contributed by atoms with E-state index in [4.69, 9.17) is 22.5 Å². The molecule has 0 saturated heterocycles. The van der Waals surface area contributed by atoms with E-state index in [9.17, 15) is 9.18 Å². The van der Waals surface area contributed by atoms with Crippen molar-refractivity contribution in [2.75, 3.05) is 13.6 Å². The van der Waals surface area contributed by atoms with E-state index in [0.717, 1.165) is 0 Å². The summed E-state index contributed by atoms with van der Waals surface area (Å²) in [6, 6.07) is 4.22. The molecule has 5 nitrogen and oxygen atoms in total. The Morgan fingerprint density at radius 1 is 1.63 bits per heavy atom. The molecule has 0 aliphatic heterocycles. The molecule has 0 aromatic heterocycles. The third-order valence-electron chi connectivity index (χ3n) is 2.70. The first-order chi connectivity index (χ1) is 8.88. The molecule has 1 rings (SSSR count). The van der Waals surface area contributed by atoms with Crippen LogP contribution >= 0.6 is 11.6 Å². The van der Waals surface area contributed by atoms with E-state index in [1.165, 1.54) is 30.1 Å². The molecule has 19 heavy (non-hydrogen) atoms. The first-order valence-corrected chi connectivity index (χ1v) is 5.93. The summed E-state index contributed by atoms with van der Waals surface area (Å²) in [4.78, 5) is 13.3. The molecule has 7 heteroatoms. The highest BCUT2D eigenvalue weighted by Gasteiger charge is 2.20. The van der Waals surface area contributed by atoms with Gasteiger partial charge in [0.25, 0.3) is 5.91 Å². The smallest absolute Gasteiger partial charge is 0.256 e. The molecule has 0 aliphatic rings. The average Bonchev–Trinajstić information content (AvgIpc) is 2.39. The van der Waals surface area contributed by atoms with Gasteiger partial charge in [0.15, 0.2) is 5.82 Å². The van der Waals surface area contributed by atoms with E-state index in [-0.39, 0.29) is 28.9 Å². The molecule has 1 aromatic carbocycles. The number of amides is 1. The summed E-state index contributed by atoms with van der Waals surface area (Å²) in [7, 11) is 1.50. The molecule has 104 valence electrons. The van der Waals surface area contributed by atoms with Crippen molar-refractivity contribution in [2.45, 2.75) is 6.92 Å². The normalized spacial score (nSPS) is 13.2. The van der Waals surface area contributed by atoms with E-state index in [1.54, 1.807) is 6.92 Å². The largest absolute Gasteiger partial charge is 0.409 e. The first kappa shape index (κ1) is 15.2. The van der Waals surface area contributed by atoms with Gasteiger partial charge in [0.2, 0.25) is 0 Å². The molecule has 1 aromatic rings. The zero-order chi connectivity index (χ0) is 14.6. The average molecular weight is 288 g/mol. The first-order valence-electron chi connectivity index (χ1n) is 5.55. The number of carbonyl (C=O) groups excluding carboxylic acids is 1. The number of oxime groups is 1. The minimum atomic E-state index is -0.752. The van der Waals surface area contributed by atoms with Crippen LogP contribution in [-0.2, 0) is 0 Å². The van der Waals surface area contributed by atoms with Crippen molar-refractivity contribution in [3.05, 3.63) is 34.6 Å². The lowest BCUT2D eigenvalue weighted by atomic mass is 10.1. The zero-order valence-electron chi connectivity index (χ0n) is 10.6. The van der Waals surface area contributed by atoms with Gasteiger partial charge in [-0.3, -0.25) is 4.79 Å². The molecular formula is C12H15ClFN3O2. The van der Waals surface area contributed by atoms with Crippen LogP contribution < -0.4 is 5.73 Å². The summed E-state index contributed by atoms with van der Waals surface area (Å²) in [6.45, 7) is 1.88. The fourth-order valence-corrected chi connectivity index (χ4v) is 1.73. The Labute approximate surface area is 115 Å². The molecule has 0 heterocycles. The fraction of sp³-hybridized carbons (Fsp3) is 0.333. The molecule has 0 spiro atoms. The van der Waals surface area contributed by atoms with Gasteiger partial charge in [0, 0.05) is 19.5 Å². The number of nitrogens with two attached hydrogens (primary N) is 1. The van der Waals surface area contributed by atoms with Gasteiger partial charge in [-0.15, -0.1) is 0 Å². The number of hydrogen-bond donors (Lipinski definition) is 2. The summed E-state index contributed by atoms with van der Waals surface area (Å²) in [5.41, 5.74) is 5.31. The fourth-order valence-electron chi connectivity index (χ4n) is 1.56. The molecule has 0 saturated carbocycles. The van der Waals surface area contributed by atoms with Crippen LogP contribution in [0.25, 0.3) is 0 Å². The summed E-state index contributed by atoms with van der Waals surface area (Å²) in [5, 5.41) is 11.3. The zero-order valence-corrected chi connectivity index (χ0v) is 11.4. The maximum absolute atomic E-state index is 13.7. The number of amidine groups is 1. The van der Waals surface area contributed by atoms with Crippen molar-refractivity contribution < 1.29 is 14.4 Å². The number of hydrogen-bond acceptors (Lipinski definition) is 3. The van der Waals surface area contributed by atoms with Gasteiger partial charge in [-0.25, -0.2) is 4.39 Å². The Morgan fingerprint density at radius 2 is 2.26 bits per heavy atom. The van der Waals surface area contributed by atoms with Crippen LogP contribution in [0.4, 0.5) is 4.39 Å². The maximum atomic E-state index is 13.7. The lowest BCUT2D eigenvalue weighted by Crippen LogP contribution is -2.36. The highest BCUT2D eigenvalue weighted by molar-refractivity contribution is 6.31. The second-order valence-corrected chi connectivity index (χ2v) is 4.62. The molecule has 0 radical (unpaired) electrons. The monoisotopic (exact) mass is 287 g/mol. The van der Waals surface area contributed by atoms with Gasteiger partial charge in [0.1, 0.15) is 5.84 Å². The molecule has 0 aliphatic carbocycles. The topological polar surface area (TPSA) is 78.9 Å². The lowest BCUT2D eigenvalue weighted by molar-refractivity contribution is 0.0781. The number of benzene rings is 1. The molecule has 3 N–H and O–H groups in total. The quantitative estimate of drug-likeness (QED) is 0.384. The van der Waals surface area contributed by atoms with E-state index >= 15 is 0 Å². The number of nitrogens with zero attached hydrogens (tertiary/aromatic N) is 2. The van der Waals surface area contributed by atoms with Crippen molar-refractivity contribution in [3.8, 4) is 0 Å². The third kappa shape index (κ3) is 3.57. The van der Waals surface area contributed by atoms with Crippen LogP contribution in [-0.4, -0.2) is 35.4 Å². The predicted molar refractivity (Wildman–Crippen MR) is 70.9 cm³/mol. The van der Waals surface area contributed by atoms with Gasteiger partial charge in [-0.2, -0.15) is 0 Å². The Bertz CT molecular complexity index is 508. The van der Waals surface area contributed by atoms with Gasteiger partial charge < -0.3 is 15.8 Å². The van der Waals surface area contributed by atoms with Crippen molar-refractivity contribution >= 4 is 23.3 Å². The Balaban J connectivity index is 2.86. The Hall–Kier alpha value is -1.82. The molecular weight excluding hydrogens is 273 g/mol. The summed E-state index contributed by atoms with van der Waals surface area (Å²) >= 11 is 5.62. The summed E-state index contributed by atoms with van der Waals surface area (Å²) in [6.07, 6.45) is 0. The van der Waals surface area contributed by atoms with Gasteiger partial charge in [0.05, 0.1) is 10.6 Å². The minimum absolute atomic E-state index is 0.00576. The van der Waals surface area contributed by atoms with Crippen LogP contribution in [0, 0.1) is 11.7 Å². The molecule has 1 amide bonds. The van der Waals surface area contributed by atoms with Crippen LogP contribution in [0.15, 0.2) is 23.4 Å². The summed E-state index contributed by atoms with van der Waals surface area (Å²) < 4.78 is 13.7. The maximum Gasteiger partial charge on any atom is 0.256 e. The second-order valence-electron chi connectivity index (χ2n) is 4.21. The molecule has 0 bridgehead atoms. The van der Waals surface area contributed by atoms with Crippen molar-refractivity contribution in [1.82, 2.24) is 4.90 Å². The predicted octanol–water partition coefficient (Wildman–Crippen LogP) is 1.93. The van der Waals surface area contributed by atoms with Crippen molar-refractivity contribution in [2.24, 2.45) is 16.8 Å². The number of halogens is 2. The summed E-state index contributed by atoms with van der Waals surface area (Å²) in [5.74, 6) is -1.61. The van der Waals surface area contributed by atoms with Gasteiger partial charge >= 0.3 is 0 Å². The van der Waals surface area contributed by atoms with Crippen LogP contribution in [0.5, 0.6) is 0 Å². The second kappa shape index (κ2) is 6.38. The Morgan fingerprint density at radius 3 is 2.84 bits per heavy atom.